The molecule has 3 nitrogen and oxygen atoms in total. The van der Waals surface area contributed by atoms with Crippen LogP contribution < -0.4 is 0 Å². The van der Waals surface area contributed by atoms with Crippen LogP contribution in [0.5, 0.6) is 0 Å². The molecule has 57 heavy (non-hydrogen) atoms. The van der Waals surface area contributed by atoms with Crippen molar-refractivity contribution >= 4 is 87.0 Å². The summed E-state index contributed by atoms with van der Waals surface area (Å²) in [4.78, 5) is 0. The monoisotopic (exact) mass is 725 g/mol. The molecular weight excluding hydrogens is 691 g/mol. The minimum atomic E-state index is 1.10. The SMILES string of the molecule is c1ccc(-n2c3ccccc3c3cccc(-n4c5cccc(c5)c5cccc(c5)n(-c5cccc6ccccc56)c5ccc6ccc7ccc4cc7c6c5)c32)cc1. The Bertz CT molecular complexity index is 3630. The van der Waals surface area contributed by atoms with Crippen LogP contribution in [0.25, 0.3) is 104 Å². The summed E-state index contributed by atoms with van der Waals surface area (Å²) in [5.41, 5.74) is 10.2. The van der Waals surface area contributed by atoms with Crippen molar-refractivity contribution in [1.29, 1.82) is 0 Å². The van der Waals surface area contributed by atoms with Gasteiger partial charge in [0.1, 0.15) is 0 Å². The van der Waals surface area contributed by atoms with Crippen molar-refractivity contribution in [2.24, 2.45) is 0 Å². The summed E-state index contributed by atoms with van der Waals surface area (Å²) < 4.78 is 7.33. The predicted octanol–water partition coefficient (Wildman–Crippen LogP) is 14.4. The highest BCUT2D eigenvalue weighted by atomic mass is 15.0. The number of benzene rings is 10. The third-order valence-corrected chi connectivity index (χ3v) is 11.8. The summed E-state index contributed by atoms with van der Waals surface area (Å²) in [6.07, 6.45) is 0. The van der Waals surface area contributed by atoms with Gasteiger partial charge in [-0.05, 0) is 117 Å². The van der Waals surface area contributed by atoms with Crippen LogP contribution in [-0.4, -0.2) is 13.7 Å². The molecule has 2 aromatic heterocycles. The van der Waals surface area contributed by atoms with Gasteiger partial charge in [0.05, 0.1) is 22.4 Å². The fraction of sp³-hybridized carbons (Fsp3) is 0. The van der Waals surface area contributed by atoms with Crippen LogP contribution in [0.2, 0.25) is 0 Å². The lowest BCUT2D eigenvalue weighted by atomic mass is 10.0. The van der Waals surface area contributed by atoms with Crippen LogP contribution >= 0.6 is 0 Å². The van der Waals surface area contributed by atoms with Crippen LogP contribution in [0.4, 0.5) is 0 Å². The maximum absolute atomic E-state index is 2.46. The molecule has 8 bridgehead atoms. The van der Waals surface area contributed by atoms with Crippen molar-refractivity contribution in [3.63, 3.8) is 0 Å². The van der Waals surface area contributed by atoms with Crippen LogP contribution in [-0.2, 0) is 0 Å². The summed E-state index contributed by atoms with van der Waals surface area (Å²) in [6.45, 7) is 0. The van der Waals surface area contributed by atoms with Gasteiger partial charge in [0.15, 0.2) is 0 Å². The molecule has 266 valence electrons. The van der Waals surface area contributed by atoms with Gasteiger partial charge in [-0.3, -0.25) is 0 Å². The molecule has 0 unspecified atom stereocenters. The minimum Gasteiger partial charge on any atom is -0.310 e. The molecule has 10 aromatic carbocycles. The fourth-order valence-electron chi connectivity index (χ4n) is 9.24. The summed E-state index contributed by atoms with van der Waals surface area (Å²) in [5.74, 6) is 0. The standard InChI is InChI=1S/C54H35N3/c1-2-16-41(17-3-1)57-52-23-7-6-21-47(52)48-22-11-25-53(54(48)57)56-43-19-9-15-40(33-43)39-14-8-18-42(32-39)55(51-24-10-13-36-12-4-5-20-46(36)51)44-30-28-37-26-27-38-29-31-45(56)35-50(38)49(37)34-44/h1-35H. The molecule has 0 saturated heterocycles. The number of hydrogen-bond donors (Lipinski definition) is 0. The molecule has 0 aliphatic heterocycles. The number of hydrogen-bond acceptors (Lipinski definition) is 0. The highest BCUT2D eigenvalue weighted by Crippen LogP contribution is 2.38. The molecule has 0 fully saturated rings. The van der Waals surface area contributed by atoms with E-state index < -0.39 is 0 Å². The second kappa shape index (κ2) is 12.5. The van der Waals surface area contributed by atoms with Crippen LogP contribution in [0.1, 0.15) is 0 Å². The number of rotatable bonds is 3. The lowest BCUT2D eigenvalue weighted by Crippen LogP contribution is -2.02. The van der Waals surface area contributed by atoms with E-state index in [0.717, 1.165) is 49.9 Å². The first-order chi connectivity index (χ1) is 28.3. The molecule has 0 aliphatic carbocycles. The second-order valence-corrected chi connectivity index (χ2v) is 15.0. The molecular formula is C54H35N3. The van der Waals surface area contributed by atoms with Gasteiger partial charge < -0.3 is 13.7 Å². The molecule has 0 atom stereocenters. The molecule has 0 spiro atoms. The van der Waals surface area contributed by atoms with Gasteiger partial charge in [-0.25, -0.2) is 0 Å². The molecule has 0 amide bonds. The molecule has 0 saturated carbocycles. The summed E-state index contributed by atoms with van der Waals surface area (Å²) in [7, 11) is 0. The van der Waals surface area contributed by atoms with E-state index in [-0.39, 0.29) is 0 Å². The van der Waals surface area contributed by atoms with Crippen molar-refractivity contribution in [2.45, 2.75) is 0 Å². The lowest BCUT2D eigenvalue weighted by Gasteiger charge is -2.17. The molecule has 3 heteroatoms. The Balaban J connectivity index is 1.29. The quantitative estimate of drug-likeness (QED) is 0.161. The molecule has 0 radical (unpaired) electrons. The average Bonchev–Trinajstić information content (AvgIpc) is 3.62. The van der Waals surface area contributed by atoms with Crippen LogP contribution in [0.15, 0.2) is 212 Å². The van der Waals surface area contributed by atoms with E-state index in [1.807, 2.05) is 0 Å². The van der Waals surface area contributed by atoms with Gasteiger partial charge in [0.2, 0.25) is 0 Å². The van der Waals surface area contributed by atoms with E-state index in [1.165, 1.54) is 54.1 Å². The second-order valence-electron chi connectivity index (χ2n) is 15.0. The Kier molecular flexibility index (Phi) is 6.93. The number of aromatic nitrogens is 3. The smallest absolute Gasteiger partial charge is 0.0782 e. The highest BCUT2D eigenvalue weighted by molar-refractivity contribution is 6.13. The van der Waals surface area contributed by atoms with E-state index >= 15 is 0 Å². The first-order valence-corrected chi connectivity index (χ1v) is 19.6. The molecule has 0 N–H and O–H groups in total. The zero-order valence-electron chi connectivity index (χ0n) is 31.0. The Hall–Kier alpha value is -7.62. The van der Waals surface area contributed by atoms with Crippen molar-refractivity contribution in [3.05, 3.63) is 212 Å². The Morgan fingerprint density at radius 2 is 0.719 bits per heavy atom. The average molecular weight is 726 g/mol. The number of nitrogens with zero attached hydrogens (tertiary/aromatic N) is 3. The topological polar surface area (TPSA) is 14.8 Å². The summed E-state index contributed by atoms with van der Waals surface area (Å²) >= 11 is 0. The largest absolute Gasteiger partial charge is 0.310 e. The van der Waals surface area contributed by atoms with Gasteiger partial charge in [-0.15, -0.1) is 0 Å². The Morgan fingerprint density at radius 3 is 1.44 bits per heavy atom. The first kappa shape index (κ1) is 31.7. The van der Waals surface area contributed by atoms with Crippen molar-refractivity contribution in [2.75, 3.05) is 0 Å². The molecule has 0 aliphatic rings. The van der Waals surface area contributed by atoms with E-state index in [9.17, 15) is 0 Å². The normalized spacial score (nSPS) is 11.9. The van der Waals surface area contributed by atoms with Gasteiger partial charge >= 0.3 is 0 Å². The number of fused-ring (bicyclic) bond motifs is 11. The summed E-state index contributed by atoms with van der Waals surface area (Å²) in [5, 5.41) is 12.1. The van der Waals surface area contributed by atoms with Gasteiger partial charge in [0.25, 0.3) is 0 Å². The van der Waals surface area contributed by atoms with E-state index in [2.05, 4.69) is 226 Å². The van der Waals surface area contributed by atoms with Crippen molar-refractivity contribution in [1.82, 2.24) is 13.7 Å². The zero-order valence-corrected chi connectivity index (χ0v) is 31.0. The van der Waals surface area contributed by atoms with E-state index in [4.69, 9.17) is 0 Å². The van der Waals surface area contributed by atoms with E-state index in [0.29, 0.717) is 0 Å². The van der Waals surface area contributed by atoms with Crippen molar-refractivity contribution < 1.29 is 0 Å². The first-order valence-electron chi connectivity index (χ1n) is 19.6. The molecule has 2 heterocycles. The van der Waals surface area contributed by atoms with Crippen LogP contribution in [0.3, 0.4) is 0 Å². The van der Waals surface area contributed by atoms with E-state index in [1.54, 1.807) is 0 Å². The maximum atomic E-state index is 2.46. The van der Waals surface area contributed by atoms with Gasteiger partial charge in [-0.2, -0.15) is 0 Å². The fourth-order valence-corrected chi connectivity index (χ4v) is 9.24. The summed E-state index contributed by atoms with van der Waals surface area (Å²) in [6, 6.07) is 78.1. The highest BCUT2D eigenvalue weighted by Gasteiger charge is 2.18. The van der Waals surface area contributed by atoms with Gasteiger partial charge in [-0.1, -0.05) is 133 Å². The van der Waals surface area contributed by atoms with Crippen LogP contribution in [0, 0.1) is 0 Å². The van der Waals surface area contributed by atoms with Crippen molar-refractivity contribution in [3.8, 4) is 17.1 Å². The zero-order chi connectivity index (χ0) is 37.5. The Morgan fingerprint density at radius 1 is 0.246 bits per heavy atom. The number of para-hydroxylation sites is 3. The minimum absolute atomic E-state index is 1.10. The third-order valence-electron chi connectivity index (χ3n) is 11.8. The molecule has 12 rings (SSSR count). The molecule has 12 aromatic rings. The maximum Gasteiger partial charge on any atom is 0.0782 e. The lowest BCUT2D eigenvalue weighted by molar-refractivity contribution is 1.12. The Labute approximate surface area is 328 Å². The van der Waals surface area contributed by atoms with Gasteiger partial charge in [0, 0.05) is 43.9 Å². The third kappa shape index (κ3) is 4.92. The predicted molar refractivity (Wildman–Crippen MR) is 242 cm³/mol.